The van der Waals surface area contributed by atoms with Crippen LogP contribution in [0.3, 0.4) is 0 Å². The molecule has 0 fully saturated rings. The maximum atomic E-state index is 12.1. The fourth-order valence-corrected chi connectivity index (χ4v) is 2.43. The Hall–Kier alpha value is -3.20. The van der Waals surface area contributed by atoms with Gasteiger partial charge in [0.25, 0.3) is 5.69 Å². The Labute approximate surface area is 149 Å². The number of esters is 1. The molecule has 0 unspecified atom stereocenters. The maximum absolute atomic E-state index is 12.1. The number of amides is 1. The lowest BCUT2D eigenvalue weighted by molar-refractivity contribution is -0.383. The van der Waals surface area contributed by atoms with Gasteiger partial charge in [-0.1, -0.05) is 12.1 Å². The Morgan fingerprint density at radius 2 is 2.04 bits per heavy atom. The molecule has 2 aromatic rings. The minimum atomic E-state index is -0.556. The van der Waals surface area contributed by atoms with E-state index < -0.39 is 16.8 Å². The first-order chi connectivity index (χ1) is 12.3. The molecule has 0 aliphatic heterocycles. The van der Waals surface area contributed by atoms with Crippen molar-refractivity contribution in [2.45, 2.75) is 13.5 Å². The molecule has 0 spiro atoms. The molecule has 1 aromatic carbocycles. The largest absolute Gasteiger partial charge is 0.465 e. The second kappa shape index (κ2) is 8.26. The van der Waals surface area contributed by atoms with Gasteiger partial charge in [-0.3, -0.25) is 19.8 Å². The number of furan rings is 1. The van der Waals surface area contributed by atoms with E-state index in [4.69, 9.17) is 4.42 Å². The number of anilines is 1. The van der Waals surface area contributed by atoms with Crippen LogP contribution in [0, 0.1) is 17.0 Å². The van der Waals surface area contributed by atoms with Crippen LogP contribution < -0.4 is 5.32 Å². The Balaban J connectivity index is 1.98. The number of nitro benzene ring substituents is 1. The molecule has 138 valence electrons. The number of benzene rings is 1. The number of hydrogen-bond acceptors (Lipinski definition) is 7. The van der Waals surface area contributed by atoms with Crippen LogP contribution in [0.15, 0.2) is 34.7 Å². The average molecular weight is 361 g/mol. The first-order valence-electron chi connectivity index (χ1n) is 7.71. The zero-order valence-corrected chi connectivity index (χ0v) is 14.6. The number of carbonyl (C=O) groups is 2. The number of nitro groups is 1. The van der Waals surface area contributed by atoms with Crippen molar-refractivity contribution in [3.63, 3.8) is 0 Å². The van der Waals surface area contributed by atoms with Gasteiger partial charge in [0.15, 0.2) is 0 Å². The normalized spacial score (nSPS) is 10.6. The fraction of sp³-hybridized carbons (Fsp3) is 0.294. The van der Waals surface area contributed by atoms with E-state index in [1.807, 2.05) is 0 Å². The first kappa shape index (κ1) is 19.1. The molecule has 2 rings (SSSR count). The zero-order chi connectivity index (χ0) is 19.3. The van der Waals surface area contributed by atoms with Crippen molar-refractivity contribution in [1.82, 2.24) is 4.90 Å². The molecule has 0 aliphatic carbocycles. The summed E-state index contributed by atoms with van der Waals surface area (Å²) in [6, 6.07) is 7.48. The van der Waals surface area contributed by atoms with Crippen LogP contribution in [0.5, 0.6) is 0 Å². The third-order valence-corrected chi connectivity index (χ3v) is 3.59. The fourth-order valence-electron chi connectivity index (χ4n) is 2.43. The molecular formula is C17H19N3O6. The predicted octanol–water partition coefficient (Wildman–Crippen LogP) is 2.35. The number of ether oxygens (including phenoxy) is 1. The molecule has 0 atom stereocenters. The Kier molecular flexibility index (Phi) is 6.07. The number of hydrogen-bond donors (Lipinski definition) is 1. The molecule has 26 heavy (non-hydrogen) atoms. The molecule has 0 aliphatic rings. The molecule has 1 aromatic heterocycles. The number of carbonyl (C=O) groups excluding carboxylic acids is 2. The summed E-state index contributed by atoms with van der Waals surface area (Å²) >= 11 is 0. The van der Waals surface area contributed by atoms with Gasteiger partial charge in [0.2, 0.25) is 5.91 Å². The van der Waals surface area contributed by atoms with Crippen LogP contribution in [-0.4, -0.2) is 42.4 Å². The highest BCUT2D eigenvalue weighted by atomic mass is 16.6. The van der Waals surface area contributed by atoms with Gasteiger partial charge >= 0.3 is 5.97 Å². The summed E-state index contributed by atoms with van der Waals surface area (Å²) < 4.78 is 10.2. The monoisotopic (exact) mass is 361 g/mol. The topological polar surface area (TPSA) is 115 Å². The standard InChI is InChI=1S/C17H19N3O6/c1-11-13(17(22)25-3)8-12(26-11)9-19(2)10-16(21)18-14-6-4-5-7-15(14)20(23)24/h4-8H,9-10H2,1-3H3,(H,18,21). The quantitative estimate of drug-likeness (QED) is 0.457. The van der Waals surface area contributed by atoms with Crippen LogP contribution in [0.2, 0.25) is 0 Å². The van der Waals surface area contributed by atoms with E-state index in [2.05, 4.69) is 10.1 Å². The Bertz CT molecular complexity index is 830. The van der Waals surface area contributed by atoms with Crippen LogP contribution in [0.25, 0.3) is 0 Å². The van der Waals surface area contributed by atoms with E-state index in [-0.39, 0.29) is 24.5 Å². The Morgan fingerprint density at radius 1 is 1.35 bits per heavy atom. The van der Waals surface area contributed by atoms with Crippen molar-refractivity contribution in [2.75, 3.05) is 26.0 Å². The summed E-state index contributed by atoms with van der Waals surface area (Å²) in [5, 5.41) is 13.5. The van der Waals surface area contributed by atoms with Crippen LogP contribution in [0.4, 0.5) is 11.4 Å². The number of methoxy groups -OCH3 is 1. The molecule has 1 amide bonds. The number of aryl methyl sites for hydroxylation is 1. The highest BCUT2D eigenvalue weighted by Gasteiger charge is 2.18. The molecule has 1 N–H and O–H groups in total. The van der Waals surface area contributed by atoms with Gasteiger partial charge < -0.3 is 14.5 Å². The predicted molar refractivity (Wildman–Crippen MR) is 92.8 cm³/mol. The van der Waals surface area contributed by atoms with Gasteiger partial charge in [-0.25, -0.2) is 4.79 Å². The molecule has 9 nitrogen and oxygen atoms in total. The minimum Gasteiger partial charge on any atom is -0.465 e. The summed E-state index contributed by atoms with van der Waals surface area (Å²) in [7, 11) is 2.97. The summed E-state index contributed by atoms with van der Waals surface area (Å²) in [6.45, 7) is 1.92. The molecule has 0 saturated heterocycles. The number of likely N-dealkylation sites (N-methyl/N-ethyl adjacent to an activating group) is 1. The summed E-state index contributed by atoms with van der Waals surface area (Å²) in [5.41, 5.74) is 0.297. The molecule has 1 heterocycles. The van der Waals surface area contributed by atoms with Gasteiger partial charge in [-0.05, 0) is 26.1 Å². The van der Waals surface area contributed by atoms with Crippen molar-refractivity contribution in [1.29, 1.82) is 0 Å². The molecule has 9 heteroatoms. The Morgan fingerprint density at radius 3 is 2.69 bits per heavy atom. The van der Waals surface area contributed by atoms with Crippen molar-refractivity contribution in [2.24, 2.45) is 0 Å². The van der Waals surface area contributed by atoms with E-state index >= 15 is 0 Å². The summed E-state index contributed by atoms with van der Waals surface area (Å²) in [6.07, 6.45) is 0. The van der Waals surface area contributed by atoms with Gasteiger partial charge in [0.1, 0.15) is 22.8 Å². The minimum absolute atomic E-state index is 0.0145. The lowest BCUT2D eigenvalue weighted by Crippen LogP contribution is -2.29. The van der Waals surface area contributed by atoms with Gasteiger partial charge in [-0.15, -0.1) is 0 Å². The van der Waals surface area contributed by atoms with Gasteiger partial charge in [0, 0.05) is 6.07 Å². The van der Waals surface area contributed by atoms with Crippen molar-refractivity contribution in [3.05, 3.63) is 57.5 Å². The zero-order valence-electron chi connectivity index (χ0n) is 14.6. The summed E-state index contributed by atoms with van der Waals surface area (Å²) in [4.78, 5) is 35.8. The van der Waals surface area contributed by atoms with Crippen LogP contribution in [0.1, 0.15) is 21.9 Å². The molecule has 0 radical (unpaired) electrons. The van der Waals surface area contributed by atoms with Crippen LogP contribution >= 0.6 is 0 Å². The number of nitrogens with one attached hydrogen (secondary N) is 1. The van der Waals surface area contributed by atoms with Crippen molar-refractivity contribution in [3.8, 4) is 0 Å². The molecule has 0 bridgehead atoms. The van der Waals surface area contributed by atoms with E-state index in [1.54, 1.807) is 31.0 Å². The SMILES string of the molecule is COC(=O)c1cc(CN(C)CC(=O)Nc2ccccc2[N+](=O)[O-])oc1C. The highest BCUT2D eigenvalue weighted by Crippen LogP contribution is 2.23. The lowest BCUT2D eigenvalue weighted by Gasteiger charge is -2.14. The smallest absolute Gasteiger partial charge is 0.341 e. The van der Waals surface area contributed by atoms with Crippen LogP contribution in [-0.2, 0) is 16.1 Å². The molecule has 0 saturated carbocycles. The van der Waals surface area contributed by atoms with Crippen molar-refractivity contribution >= 4 is 23.3 Å². The molecular weight excluding hydrogens is 342 g/mol. The number of para-hydroxylation sites is 2. The average Bonchev–Trinajstić information content (AvgIpc) is 2.94. The first-order valence-corrected chi connectivity index (χ1v) is 7.71. The summed E-state index contributed by atoms with van der Waals surface area (Å²) in [5.74, 6) is 0.0426. The third-order valence-electron chi connectivity index (χ3n) is 3.59. The van der Waals surface area contributed by atoms with E-state index in [0.717, 1.165) is 0 Å². The number of rotatable bonds is 7. The highest BCUT2D eigenvalue weighted by molar-refractivity contribution is 5.94. The van der Waals surface area contributed by atoms with Crippen molar-refractivity contribution < 1.29 is 23.7 Å². The lowest BCUT2D eigenvalue weighted by atomic mass is 10.2. The van der Waals surface area contributed by atoms with Gasteiger partial charge in [-0.2, -0.15) is 0 Å². The van der Waals surface area contributed by atoms with E-state index in [1.165, 1.54) is 25.3 Å². The van der Waals surface area contributed by atoms with Gasteiger partial charge in [0.05, 0.1) is 25.1 Å². The van der Waals surface area contributed by atoms with E-state index in [0.29, 0.717) is 17.1 Å². The second-order valence-electron chi connectivity index (χ2n) is 5.67. The maximum Gasteiger partial charge on any atom is 0.341 e. The third kappa shape index (κ3) is 4.67. The van der Waals surface area contributed by atoms with E-state index in [9.17, 15) is 19.7 Å². The number of nitrogens with zero attached hydrogens (tertiary/aromatic N) is 2. The second-order valence-corrected chi connectivity index (χ2v) is 5.67.